The Bertz CT molecular complexity index is 544. The molecule has 1 aromatic carbocycles. The van der Waals surface area contributed by atoms with Crippen molar-refractivity contribution in [1.29, 1.82) is 0 Å². The number of likely N-dealkylation sites (tertiary alicyclic amines) is 1. The Morgan fingerprint density at radius 1 is 1.40 bits per heavy atom. The Morgan fingerprint density at radius 3 is 2.75 bits per heavy atom. The van der Waals surface area contributed by atoms with Crippen LogP contribution in [0.15, 0.2) is 22.7 Å². The number of hydrogen-bond acceptors (Lipinski definition) is 2. The number of nitrogens with zero attached hydrogens (tertiary/aromatic N) is 1. The Kier molecular flexibility index (Phi) is 4.48. The minimum Gasteiger partial charge on any atom is -0.480 e. The number of piperidine rings is 1. The molecule has 1 fully saturated rings. The van der Waals surface area contributed by atoms with E-state index in [1.807, 2.05) is 26.0 Å². The number of carbonyl (C=O) groups excluding carboxylic acids is 1. The molecule has 1 N–H and O–H groups in total. The molecule has 2 unspecified atom stereocenters. The van der Waals surface area contributed by atoms with Gasteiger partial charge in [0.05, 0.1) is 5.56 Å². The maximum Gasteiger partial charge on any atom is 0.326 e. The Balaban J connectivity index is 2.31. The van der Waals surface area contributed by atoms with E-state index in [-0.39, 0.29) is 5.91 Å². The fourth-order valence-electron chi connectivity index (χ4n) is 2.58. The Labute approximate surface area is 126 Å². The summed E-state index contributed by atoms with van der Waals surface area (Å²) in [6.45, 7) is 4.44. The standard InChI is InChI=1S/C15H18BrNO3/c1-9-3-4-12(16)11(7-9)14(18)17-6-5-10(2)8-13(17)15(19)20/h3-4,7,10,13H,5-6,8H2,1-2H3,(H,19,20). The summed E-state index contributed by atoms with van der Waals surface area (Å²) < 4.78 is 0.705. The van der Waals surface area contributed by atoms with Gasteiger partial charge in [-0.1, -0.05) is 18.6 Å². The molecule has 2 atom stereocenters. The fraction of sp³-hybridized carbons (Fsp3) is 0.467. The summed E-state index contributed by atoms with van der Waals surface area (Å²) in [5.74, 6) is -0.797. The predicted octanol–water partition coefficient (Wildman–Crippen LogP) is 3.08. The summed E-state index contributed by atoms with van der Waals surface area (Å²) in [6, 6.07) is 4.81. The number of amides is 1. The summed E-state index contributed by atoms with van der Waals surface area (Å²) in [4.78, 5) is 25.5. The number of aryl methyl sites for hydroxylation is 1. The van der Waals surface area contributed by atoms with E-state index in [9.17, 15) is 14.7 Å². The van der Waals surface area contributed by atoms with Crippen LogP contribution in [0.4, 0.5) is 0 Å². The highest BCUT2D eigenvalue weighted by Crippen LogP contribution is 2.27. The van der Waals surface area contributed by atoms with Crippen molar-refractivity contribution in [2.24, 2.45) is 5.92 Å². The van der Waals surface area contributed by atoms with Crippen LogP contribution < -0.4 is 0 Å². The lowest BCUT2D eigenvalue weighted by Gasteiger charge is -2.36. The largest absolute Gasteiger partial charge is 0.480 e. The van der Waals surface area contributed by atoms with Gasteiger partial charge in [-0.2, -0.15) is 0 Å². The molecule has 1 aliphatic heterocycles. The quantitative estimate of drug-likeness (QED) is 0.900. The first-order valence-corrected chi connectivity index (χ1v) is 7.49. The highest BCUT2D eigenvalue weighted by atomic mass is 79.9. The second-order valence-corrected chi connectivity index (χ2v) is 6.32. The molecule has 108 valence electrons. The molecule has 0 aromatic heterocycles. The highest BCUT2D eigenvalue weighted by molar-refractivity contribution is 9.10. The average molecular weight is 340 g/mol. The molecule has 1 heterocycles. The van der Waals surface area contributed by atoms with Crippen molar-refractivity contribution < 1.29 is 14.7 Å². The normalized spacial score (nSPS) is 22.6. The number of carbonyl (C=O) groups is 2. The smallest absolute Gasteiger partial charge is 0.326 e. The molecule has 20 heavy (non-hydrogen) atoms. The van der Waals surface area contributed by atoms with Gasteiger partial charge in [-0.15, -0.1) is 0 Å². The van der Waals surface area contributed by atoms with Gasteiger partial charge in [0.25, 0.3) is 5.91 Å². The van der Waals surface area contributed by atoms with Gasteiger partial charge in [0.15, 0.2) is 0 Å². The molecule has 1 saturated heterocycles. The lowest BCUT2D eigenvalue weighted by Crippen LogP contribution is -2.49. The molecule has 0 spiro atoms. The molecule has 0 aliphatic carbocycles. The van der Waals surface area contributed by atoms with Crippen molar-refractivity contribution in [1.82, 2.24) is 4.90 Å². The average Bonchev–Trinajstić information content (AvgIpc) is 2.40. The van der Waals surface area contributed by atoms with Gasteiger partial charge < -0.3 is 10.0 Å². The topological polar surface area (TPSA) is 57.6 Å². The molecule has 0 radical (unpaired) electrons. The second kappa shape index (κ2) is 5.95. The summed E-state index contributed by atoms with van der Waals surface area (Å²) in [6.07, 6.45) is 1.36. The first-order valence-electron chi connectivity index (χ1n) is 6.70. The molecule has 2 rings (SSSR count). The first kappa shape index (κ1) is 15.0. The maximum absolute atomic E-state index is 12.6. The van der Waals surface area contributed by atoms with E-state index in [0.717, 1.165) is 12.0 Å². The van der Waals surface area contributed by atoms with E-state index in [1.165, 1.54) is 4.90 Å². The van der Waals surface area contributed by atoms with E-state index in [1.54, 1.807) is 6.07 Å². The molecule has 0 bridgehead atoms. The van der Waals surface area contributed by atoms with Gasteiger partial charge in [-0.05, 0) is 53.7 Å². The van der Waals surface area contributed by atoms with E-state index in [0.29, 0.717) is 28.9 Å². The second-order valence-electron chi connectivity index (χ2n) is 5.47. The van der Waals surface area contributed by atoms with Crippen LogP contribution in [-0.4, -0.2) is 34.5 Å². The fourth-order valence-corrected chi connectivity index (χ4v) is 2.99. The summed E-state index contributed by atoms with van der Waals surface area (Å²) >= 11 is 3.37. The lowest BCUT2D eigenvalue weighted by molar-refractivity contribution is -0.144. The van der Waals surface area contributed by atoms with Crippen LogP contribution in [0.2, 0.25) is 0 Å². The SMILES string of the molecule is Cc1ccc(Br)c(C(=O)N2CCC(C)CC2C(=O)O)c1. The minimum atomic E-state index is -0.923. The van der Waals surface area contributed by atoms with E-state index < -0.39 is 12.0 Å². The van der Waals surface area contributed by atoms with Crippen LogP contribution in [0.25, 0.3) is 0 Å². The summed E-state index contributed by atoms with van der Waals surface area (Å²) in [5, 5.41) is 9.34. The third kappa shape index (κ3) is 3.03. The number of benzene rings is 1. The van der Waals surface area contributed by atoms with Crippen molar-refractivity contribution in [2.45, 2.75) is 32.7 Å². The molecule has 1 aliphatic rings. The first-order chi connectivity index (χ1) is 9.40. The molecule has 0 saturated carbocycles. The van der Waals surface area contributed by atoms with Gasteiger partial charge in [-0.25, -0.2) is 4.79 Å². The van der Waals surface area contributed by atoms with Gasteiger partial charge in [0.2, 0.25) is 0 Å². The molecule has 4 nitrogen and oxygen atoms in total. The Hall–Kier alpha value is -1.36. The number of halogens is 1. The van der Waals surface area contributed by atoms with E-state index in [2.05, 4.69) is 15.9 Å². The summed E-state index contributed by atoms with van der Waals surface area (Å²) in [7, 11) is 0. The molecule has 1 amide bonds. The molecule has 5 heteroatoms. The van der Waals surface area contributed by atoms with Gasteiger partial charge >= 0.3 is 5.97 Å². The van der Waals surface area contributed by atoms with Crippen molar-refractivity contribution in [3.05, 3.63) is 33.8 Å². The van der Waals surface area contributed by atoms with Gasteiger partial charge in [0.1, 0.15) is 6.04 Å². The number of hydrogen-bond donors (Lipinski definition) is 1. The highest BCUT2D eigenvalue weighted by Gasteiger charge is 2.35. The van der Waals surface area contributed by atoms with Crippen LogP contribution >= 0.6 is 15.9 Å². The zero-order valence-electron chi connectivity index (χ0n) is 11.6. The number of carboxylic acids is 1. The zero-order chi connectivity index (χ0) is 14.9. The van der Waals surface area contributed by atoms with Crippen LogP contribution in [0, 0.1) is 12.8 Å². The number of aliphatic carboxylic acids is 1. The van der Waals surface area contributed by atoms with Crippen molar-refractivity contribution in [3.63, 3.8) is 0 Å². The van der Waals surface area contributed by atoms with Crippen LogP contribution in [0.3, 0.4) is 0 Å². The van der Waals surface area contributed by atoms with Gasteiger partial charge in [-0.3, -0.25) is 4.79 Å². The predicted molar refractivity (Wildman–Crippen MR) is 79.7 cm³/mol. The third-order valence-electron chi connectivity index (χ3n) is 3.76. The maximum atomic E-state index is 12.6. The van der Waals surface area contributed by atoms with E-state index >= 15 is 0 Å². The monoisotopic (exact) mass is 339 g/mol. The van der Waals surface area contributed by atoms with Crippen molar-refractivity contribution in [3.8, 4) is 0 Å². The van der Waals surface area contributed by atoms with Crippen LogP contribution in [-0.2, 0) is 4.79 Å². The van der Waals surface area contributed by atoms with Crippen LogP contribution in [0.5, 0.6) is 0 Å². The van der Waals surface area contributed by atoms with Gasteiger partial charge in [0, 0.05) is 11.0 Å². The van der Waals surface area contributed by atoms with Crippen LogP contribution in [0.1, 0.15) is 35.7 Å². The van der Waals surface area contributed by atoms with Crippen molar-refractivity contribution >= 4 is 27.8 Å². The molecular weight excluding hydrogens is 322 g/mol. The van der Waals surface area contributed by atoms with Crippen molar-refractivity contribution in [2.75, 3.05) is 6.54 Å². The Morgan fingerprint density at radius 2 is 2.10 bits per heavy atom. The molecule has 1 aromatic rings. The number of rotatable bonds is 2. The zero-order valence-corrected chi connectivity index (χ0v) is 13.2. The number of carboxylic acid groups (broad SMARTS) is 1. The molecular formula is C15H18BrNO3. The minimum absolute atomic E-state index is 0.208. The lowest BCUT2D eigenvalue weighted by atomic mass is 9.92. The third-order valence-corrected chi connectivity index (χ3v) is 4.45. The van der Waals surface area contributed by atoms with E-state index in [4.69, 9.17) is 0 Å². The summed E-state index contributed by atoms with van der Waals surface area (Å²) in [5.41, 5.74) is 1.51.